The molecule has 3 nitrogen and oxygen atoms in total. The minimum absolute atomic E-state index is 0.503. The van der Waals surface area contributed by atoms with Gasteiger partial charge in [-0.3, -0.25) is 4.99 Å². The summed E-state index contributed by atoms with van der Waals surface area (Å²) in [6.07, 6.45) is 2.38. The van der Waals surface area contributed by atoms with Crippen molar-refractivity contribution < 1.29 is 0 Å². The molecule has 0 amide bonds. The summed E-state index contributed by atoms with van der Waals surface area (Å²) in [5.74, 6) is 2.26. The van der Waals surface area contributed by atoms with Gasteiger partial charge in [-0.2, -0.15) is 0 Å². The van der Waals surface area contributed by atoms with Crippen LogP contribution in [0.2, 0.25) is 0 Å². The Balaban J connectivity index is 1.95. The van der Waals surface area contributed by atoms with E-state index in [1.807, 2.05) is 0 Å². The summed E-state index contributed by atoms with van der Waals surface area (Å²) in [4.78, 5) is 4.77. The highest BCUT2D eigenvalue weighted by atomic mass is 15.2. The lowest BCUT2D eigenvalue weighted by molar-refractivity contribution is 0.665. The van der Waals surface area contributed by atoms with E-state index in [0.29, 0.717) is 12.0 Å². The summed E-state index contributed by atoms with van der Waals surface area (Å²) in [7, 11) is 0. The maximum atomic E-state index is 4.77. The van der Waals surface area contributed by atoms with E-state index in [1.165, 1.54) is 12.0 Å². The van der Waals surface area contributed by atoms with Crippen LogP contribution < -0.4 is 10.6 Å². The standard InChI is InChI=1S/C17H27N3/c1-4-14(15-9-7-6-8-10-15)12-19-17(18-5-2)20-16-11-13(16)3/h6-10,13-14,16H,4-5,11-12H2,1-3H3,(H2,18,19,20). The monoisotopic (exact) mass is 273 g/mol. The number of guanidine groups is 1. The number of aliphatic imine (C=N–C) groups is 1. The Bertz CT molecular complexity index is 427. The molecular formula is C17H27N3. The molecule has 0 aliphatic heterocycles. The van der Waals surface area contributed by atoms with Gasteiger partial charge in [0, 0.05) is 25.0 Å². The molecular weight excluding hydrogens is 246 g/mol. The molecule has 3 heteroatoms. The Morgan fingerprint density at radius 2 is 2.00 bits per heavy atom. The average Bonchev–Trinajstić information content (AvgIpc) is 3.16. The van der Waals surface area contributed by atoms with Gasteiger partial charge in [0.25, 0.3) is 0 Å². The number of benzene rings is 1. The van der Waals surface area contributed by atoms with Crippen LogP contribution in [-0.2, 0) is 0 Å². The van der Waals surface area contributed by atoms with Crippen LogP contribution in [-0.4, -0.2) is 25.1 Å². The summed E-state index contributed by atoms with van der Waals surface area (Å²) < 4.78 is 0. The van der Waals surface area contributed by atoms with Crippen LogP contribution in [0.4, 0.5) is 0 Å². The second-order valence-electron chi connectivity index (χ2n) is 5.70. The molecule has 3 atom stereocenters. The SMILES string of the molecule is CCNC(=NCC(CC)c1ccccc1)NC1CC1C. The van der Waals surface area contributed by atoms with Gasteiger partial charge in [0.2, 0.25) is 0 Å². The summed E-state index contributed by atoms with van der Waals surface area (Å²) in [5.41, 5.74) is 1.38. The zero-order chi connectivity index (χ0) is 14.4. The molecule has 1 fully saturated rings. The van der Waals surface area contributed by atoms with Crippen LogP contribution in [0.3, 0.4) is 0 Å². The van der Waals surface area contributed by atoms with Crippen LogP contribution in [0.5, 0.6) is 0 Å². The van der Waals surface area contributed by atoms with Crippen LogP contribution in [0.15, 0.2) is 35.3 Å². The highest BCUT2D eigenvalue weighted by Crippen LogP contribution is 2.28. The zero-order valence-electron chi connectivity index (χ0n) is 12.9. The molecule has 0 saturated heterocycles. The van der Waals surface area contributed by atoms with Gasteiger partial charge in [-0.1, -0.05) is 44.2 Å². The lowest BCUT2D eigenvalue weighted by atomic mass is 9.97. The van der Waals surface area contributed by atoms with Crippen molar-refractivity contribution in [3.63, 3.8) is 0 Å². The normalized spacial score (nSPS) is 23.2. The molecule has 0 aromatic heterocycles. The number of rotatable bonds is 6. The lowest BCUT2D eigenvalue weighted by Gasteiger charge is -2.15. The van der Waals surface area contributed by atoms with Crippen molar-refractivity contribution in [1.29, 1.82) is 0 Å². The van der Waals surface area contributed by atoms with Gasteiger partial charge in [-0.05, 0) is 31.2 Å². The number of nitrogens with zero attached hydrogens (tertiary/aromatic N) is 1. The number of hydrogen-bond acceptors (Lipinski definition) is 1. The van der Waals surface area contributed by atoms with E-state index in [9.17, 15) is 0 Å². The first-order chi connectivity index (χ1) is 9.74. The average molecular weight is 273 g/mol. The third kappa shape index (κ3) is 4.26. The lowest BCUT2D eigenvalue weighted by Crippen LogP contribution is -2.39. The fourth-order valence-corrected chi connectivity index (χ4v) is 2.42. The van der Waals surface area contributed by atoms with Crippen LogP contribution in [0, 0.1) is 5.92 Å². The van der Waals surface area contributed by atoms with Gasteiger partial charge in [-0.15, -0.1) is 0 Å². The first-order valence-electron chi connectivity index (χ1n) is 7.84. The third-order valence-corrected chi connectivity index (χ3v) is 4.01. The van der Waals surface area contributed by atoms with Crippen molar-refractivity contribution >= 4 is 5.96 Å². The van der Waals surface area contributed by atoms with Gasteiger partial charge in [-0.25, -0.2) is 0 Å². The van der Waals surface area contributed by atoms with E-state index in [1.54, 1.807) is 0 Å². The Labute approximate surface area is 122 Å². The third-order valence-electron chi connectivity index (χ3n) is 4.01. The maximum Gasteiger partial charge on any atom is 0.191 e. The minimum atomic E-state index is 0.503. The summed E-state index contributed by atoms with van der Waals surface area (Å²) in [6, 6.07) is 11.3. The Morgan fingerprint density at radius 1 is 1.30 bits per heavy atom. The summed E-state index contributed by atoms with van der Waals surface area (Å²) in [6.45, 7) is 8.38. The van der Waals surface area contributed by atoms with Crippen molar-refractivity contribution in [3.8, 4) is 0 Å². The molecule has 1 aromatic carbocycles. The second-order valence-corrected chi connectivity index (χ2v) is 5.70. The molecule has 110 valence electrons. The van der Waals surface area contributed by atoms with Crippen molar-refractivity contribution in [2.24, 2.45) is 10.9 Å². The fourth-order valence-electron chi connectivity index (χ4n) is 2.42. The van der Waals surface area contributed by atoms with Crippen molar-refractivity contribution in [3.05, 3.63) is 35.9 Å². The van der Waals surface area contributed by atoms with Crippen molar-refractivity contribution in [2.45, 2.75) is 45.6 Å². The molecule has 3 unspecified atom stereocenters. The van der Waals surface area contributed by atoms with Gasteiger partial charge in [0.1, 0.15) is 0 Å². The first-order valence-corrected chi connectivity index (χ1v) is 7.84. The largest absolute Gasteiger partial charge is 0.357 e. The molecule has 0 bridgehead atoms. The fraction of sp³-hybridized carbons (Fsp3) is 0.588. The number of hydrogen-bond donors (Lipinski definition) is 2. The molecule has 1 aliphatic rings. The quantitative estimate of drug-likeness (QED) is 0.617. The van der Waals surface area contributed by atoms with Gasteiger partial charge >= 0.3 is 0 Å². The first kappa shape index (κ1) is 14.9. The Morgan fingerprint density at radius 3 is 2.55 bits per heavy atom. The highest BCUT2D eigenvalue weighted by molar-refractivity contribution is 5.80. The van der Waals surface area contributed by atoms with E-state index in [-0.39, 0.29) is 0 Å². The van der Waals surface area contributed by atoms with Gasteiger partial charge in [0.15, 0.2) is 5.96 Å². The van der Waals surface area contributed by atoms with E-state index in [0.717, 1.165) is 31.4 Å². The molecule has 20 heavy (non-hydrogen) atoms. The molecule has 0 spiro atoms. The minimum Gasteiger partial charge on any atom is -0.357 e. The molecule has 1 aliphatic carbocycles. The molecule has 2 rings (SSSR count). The molecule has 1 saturated carbocycles. The maximum absolute atomic E-state index is 4.77. The molecule has 0 radical (unpaired) electrons. The van der Waals surface area contributed by atoms with E-state index in [2.05, 4.69) is 61.7 Å². The summed E-state index contributed by atoms with van der Waals surface area (Å²) in [5, 5.41) is 6.86. The predicted octanol–water partition coefficient (Wildman–Crippen LogP) is 3.14. The predicted molar refractivity (Wildman–Crippen MR) is 86.2 cm³/mol. The molecule has 2 N–H and O–H groups in total. The Kier molecular flexibility index (Phi) is 5.45. The van der Waals surface area contributed by atoms with Gasteiger partial charge in [0.05, 0.1) is 0 Å². The van der Waals surface area contributed by atoms with E-state index >= 15 is 0 Å². The van der Waals surface area contributed by atoms with Crippen LogP contribution in [0.25, 0.3) is 0 Å². The molecule has 1 aromatic rings. The van der Waals surface area contributed by atoms with Crippen LogP contribution >= 0.6 is 0 Å². The van der Waals surface area contributed by atoms with Crippen LogP contribution in [0.1, 0.15) is 45.1 Å². The highest BCUT2D eigenvalue weighted by Gasteiger charge is 2.33. The summed E-state index contributed by atoms with van der Waals surface area (Å²) >= 11 is 0. The Hall–Kier alpha value is -1.51. The molecule has 0 heterocycles. The topological polar surface area (TPSA) is 36.4 Å². The smallest absolute Gasteiger partial charge is 0.191 e. The van der Waals surface area contributed by atoms with Gasteiger partial charge < -0.3 is 10.6 Å². The second kappa shape index (κ2) is 7.32. The zero-order valence-corrected chi connectivity index (χ0v) is 12.9. The number of nitrogens with one attached hydrogen (secondary N) is 2. The van der Waals surface area contributed by atoms with Crippen molar-refractivity contribution in [2.75, 3.05) is 13.1 Å². The van der Waals surface area contributed by atoms with E-state index < -0.39 is 0 Å². The van der Waals surface area contributed by atoms with Crippen molar-refractivity contribution in [1.82, 2.24) is 10.6 Å². The van der Waals surface area contributed by atoms with E-state index in [4.69, 9.17) is 4.99 Å².